The summed E-state index contributed by atoms with van der Waals surface area (Å²) >= 11 is 0. The predicted molar refractivity (Wildman–Crippen MR) is 86.5 cm³/mol. The smallest absolute Gasteiger partial charge is 0.293 e. The zero-order valence-corrected chi connectivity index (χ0v) is 13.8. The Hall–Kier alpha value is -2.77. The van der Waals surface area contributed by atoms with Crippen LogP contribution in [0, 0.1) is 13.8 Å². The highest BCUT2D eigenvalue weighted by atomic mass is 16.2. The second-order valence-electron chi connectivity index (χ2n) is 6.27. The van der Waals surface area contributed by atoms with Crippen LogP contribution in [0.5, 0.6) is 0 Å². The molecule has 8 heteroatoms. The number of nitrogens with zero attached hydrogens (tertiary/aromatic N) is 7. The Morgan fingerprint density at radius 1 is 1.38 bits per heavy atom. The van der Waals surface area contributed by atoms with E-state index in [-0.39, 0.29) is 17.8 Å². The van der Waals surface area contributed by atoms with E-state index in [0.717, 1.165) is 30.6 Å². The van der Waals surface area contributed by atoms with E-state index in [1.165, 1.54) is 0 Å². The number of fused-ring (bicyclic) bond motifs is 1. The monoisotopic (exact) mass is 325 g/mol. The number of hydrogen-bond donors (Lipinski definition) is 0. The Bertz CT molecular complexity index is 897. The zero-order valence-electron chi connectivity index (χ0n) is 13.8. The summed E-state index contributed by atoms with van der Waals surface area (Å²) in [7, 11) is 0. The molecule has 1 fully saturated rings. The van der Waals surface area contributed by atoms with Gasteiger partial charge in [-0.3, -0.25) is 9.48 Å². The first-order chi connectivity index (χ1) is 11.6. The summed E-state index contributed by atoms with van der Waals surface area (Å²) in [5.41, 5.74) is 2.02. The first-order valence-electron chi connectivity index (χ1n) is 8.10. The predicted octanol–water partition coefficient (Wildman–Crippen LogP) is 1.24. The normalized spacial score (nSPS) is 17.8. The minimum atomic E-state index is -0.133. The van der Waals surface area contributed by atoms with Gasteiger partial charge in [0, 0.05) is 24.6 Å². The molecule has 8 nitrogen and oxygen atoms in total. The highest BCUT2D eigenvalue weighted by Gasteiger charge is 2.32. The number of aromatic nitrogens is 6. The number of carbonyl (C=O) groups is 1. The Balaban J connectivity index is 1.58. The maximum Gasteiger partial charge on any atom is 0.293 e. The van der Waals surface area contributed by atoms with Crippen LogP contribution in [0.3, 0.4) is 0 Å². The van der Waals surface area contributed by atoms with E-state index in [4.69, 9.17) is 0 Å². The van der Waals surface area contributed by atoms with E-state index >= 15 is 0 Å². The van der Waals surface area contributed by atoms with Gasteiger partial charge in [0.1, 0.15) is 0 Å². The average Bonchev–Trinajstić information content (AvgIpc) is 3.27. The van der Waals surface area contributed by atoms with Gasteiger partial charge in [-0.1, -0.05) is 0 Å². The molecule has 1 aliphatic rings. The molecule has 0 saturated carbocycles. The summed E-state index contributed by atoms with van der Waals surface area (Å²) in [6.45, 7) is 5.35. The fraction of sp³-hybridized carbons (Fsp3) is 0.438. The molecule has 0 N–H and O–H groups in total. The molecule has 1 saturated heterocycles. The van der Waals surface area contributed by atoms with Gasteiger partial charge in [0.05, 0.1) is 18.8 Å². The number of hydrogen-bond acceptors (Lipinski definition) is 5. The van der Waals surface area contributed by atoms with Crippen LogP contribution in [0.1, 0.15) is 34.7 Å². The van der Waals surface area contributed by atoms with Crippen molar-refractivity contribution in [2.24, 2.45) is 0 Å². The average molecular weight is 325 g/mol. The van der Waals surface area contributed by atoms with Crippen LogP contribution in [-0.4, -0.2) is 52.8 Å². The van der Waals surface area contributed by atoms with E-state index < -0.39 is 0 Å². The van der Waals surface area contributed by atoms with Gasteiger partial charge in [0.25, 0.3) is 11.7 Å². The Morgan fingerprint density at radius 2 is 2.25 bits per heavy atom. The number of carbonyl (C=O) groups excluding carboxylic acids is 1. The molecule has 0 radical (unpaired) electrons. The summed E-state index contributed by atoms with van der Waals surface area (Å²) in [6.07, 6.45) is 7.46. The van der Waals surface area contributed by atoms with Crippen molar-refractivity contribution in [1.82, 2.24) is 34.3 Å². The van der Waals surface area contributed by atoms with Gasteiger partial charge >= 0.3 is 0 Å². The minimum absolute atomic E-state index is 0.123. The lowest BCUT2D eigenvalue weighted by Gasteiger charge is -2.23. The van der Waals surface area contributed by atoms with E-state index in [0.29, 0.717) is 12.3 Å². The van der Waals surface area contributed by atoms with E-state index in [1.54, 1.807) is 10.7 Å². The Kier molecular flexibility index (Phi) is 3.51. The van der Waals surface area contributed by atoms with Crippen LogP contribution in [0.4, 0.5) is 0 Å². The van der Waals surface area contributed by atoms with Gasteiger partial charge in [-0.25, -0.2) is 9.50 Å². The molecule has 4 heterocycles. The first kappa shape index (κ1) is 14.8. The van der Waals surface area contributed by atoms with Crippen LogP contribution in [0.2, 0.25) is 0 Å². The van der Waals surface area contributed by atoms with Gasteiger partial charge in [-0.2, -0.15) is 10.1 Å². The van der Waals surface area contributed by atoms with Crippen LogP contribution in [0.15, 0.2) is 24.7 Å². The van der Waals surface area contributed by atoms with Gasteiger partial charge < -0.3 is 4.90 Å². The van der Waals surface area contributed by atoms with Crippen LogP contribution >= 0.6 is 0 Å². The molecule has 124 valence electrons. The highest BCUT2D eigenvalue weighted by molar-refractivity contribution is 5.91. The standard InChI is InChI=1S/C16H19N7O/c1-11-8-18-21(9-11)10-13-4-3-7-22(13)15(24)14-19-16-17-6-5-12(2)23(16)20-14/h5-6,8-9,13H,3-4,7,10H2,1-2H3/t13-/m1/s1. The van der Waals surface area contributed by atoms with E-state index in [1.807, 2.05) is 41.9 Å². The van der Waals surface area contributed by atoms with Crippen LogP contribution in [0.25, 0.3) is 5.78 Å². The molecular weight excluding hydrogens is 306 g/mol. The Morgan fingerprint density at radius 3 is 3.00 bits per heavy atom. The summed E-state index contributed by atoms with van der Waals surface area (Å²) in [5, 5.41) is 8.66. The lowest BCUT2D eigenvalue weighted by molar-refractivity contribution is 0.0709. The van der Waals surface area contributed by atoms with E-state index in [2.05, 4.69) is 20.2 Å². The number of rotatable bonds is 3. The number of aryl methyl sites for hydroxylation is 2. The van der Waals surface area contributed by atoms with Gasteiger partial charge in [-0.15, -0.1) is 5.10 Å². The molecule has 0 aliphatic carbocycles. The molecule has 0 spiro atoms. The molecule has 1 aliphatic heterocycles. The van der Waals surface area contributed by atoms with Crippen molar-refractivity contribution in [1.29, 1.82) is 0 Å². The topological polar surface area (TPSA) is 81.2 Å². The van der Waals surface area contributed by atoms with Crippen molar-refractivity contribution in [3.63, 3.8) is 0 Å². The fourth-order valence-electron chi connectivity index (χ4n) is 3.20. The molecule has 1 atom stereocenters. The SMILES string of the molecule is Cc1cnn(C[C@H]2CCCN2C(=O)c2nc3nccc(C)n3n2)c1. The van der Waals surface area contributed by atoms with Crippen molar-refractivity contribution >= 4 is 11.7 Å². The summed E-state index contributed by atoms with van der Waals surface area (Å²) < 4.78 is 3.50. The molecule has 4 rings (SSSR count). The highest BCUT2D eigenvalue weighted by Crippen LogP contribution is 2.21. The molecule has 1 amide bonds. The summed E-state index contributed by atoms with van der Waals surface area (Å²) in [6, 6.07) is 1.96. The number of likely N-dealkylation sites (tertiary alicyclic amines) is 1. The van der Waals surface area contributed by atoms with Crippen molar-refractivity contribution in [2.45, 2.75) is 39.3 Å². The van der Waals surface area contributed by atoms with Crippen LogP contribution < -0.4 is 0 Å². The van der Waals surface area contributed by atoms with Crippen molar-refractivity contribution in [3.05, 3.63) is 41.7 Å². The summed E-state index contributed by atoms with van der Waals surface area (Å²) in [5.74, 6) is 0.531. The van der Waals surface area contributed by atoms with Crippen LogP contribution in [-0.2, 0) is 6.54 Å². The molecule has 3 aromatic heterocycles. The second-order valence-corrected chi connectivity index (χ2v) is 6.27. The molecule has 24 heavy (non-hydrogen) atoms. The van der Waals surface area contributed by atoms with E-state index in [9.17, 15) is 4.79 Å². The number of amides is 1. The third-order valence-corrected chi connectivity index (χ3v) is 4.42. The summed E-state index contributed by atoms with van der Waals surface area (Å²) in [4.78, 5) is 23.2. The molecule has 0 aromatic carbocycles. The maximum absolute atomic E-state index is 12.9. The maximum atomic E-state index is 12.9. The van der Waals surface area contributed by atoms with Gasteiger partial charge in [-0.05, 0) is 38.3 Å². The Labute approximate surface area is 139 Å². The quantitative estimate of drug-likeness (QED) is 0.724. The van der Waals surface area contributed by atoms with Crippen molar-refractivity contribution < 1.29 is 4.79 Å². The van der Waals surface area contributed by atoms with Gasteiger partial charge in [0.2, 0.25) is 5.82 Å². The first-order valence-corrected chi connectivity index (χ1v) is 8.10. The third kappa shape index (κ3) is 2.53. The molecule has 0 unspecified atom stereocenters. The lowest BCUT2D eigenvalue weighted by atomic mass is 10.2. The van der Waals surface area contributed by atoms with Crippen molar-refractivity contribution in [3.8, 4) is 0 Å². The largest absolute Gasteiger partial charge is 0.331 e. The third-order valence-electron chi connectivity index (χ3n) is 4.42. The molecule has 0 bridgehead atoms. The lowest BCUT2D eigenvalue weighted by Crippen LogP contribution is -2.38. The second kappa shape index (κ2) is 5.70. The minimum Gasteiger partial charge on any atom is -0.331 e. The zero-order chi connectivity index (χ0) is 16.7. The molecule has 3 aromatic rings. The van der Waals surface area contributed by atoms with Crippen molar-refractivity contribution in [2.75, 3.05) is 6.54 Å². The molecular formula is C16H19N7O. The fourth-order valence-corrected chi connectivity index (χ4v) is 3.20. The van der Waals surface area contributed by atoms with Gasteiger partial charge in [0.15, 0.2) is 0 Å².